The van der Waals surface area contributed by atoms with Crippen molar-refractivity contribution in [3.8, 4) is 11.1 Å². The number of carbonyl (C=O) groups excluding carboxylic acids is 2. The highest BCUT2D eigenvalue weighted by atomic mass is 35.5. The molecule has 0 saturated heterocycles. The van der Waals surface area contributed by atoms with Crippen molar-refractivity contribution >= 4 is 29.3 Å². The van der Waals surface area contributed by atoms with Crippen LogP contribution in [0, 0.1) is 11.7 Å². The summed E-state index contributed by atoms with van der Waals surface area (Å²) in [6, 6.07) is 11.0. The third kappa shape index (κ3) is 8.01. The lowest BCUT2D eigenvalue weighted by Crippen LogP contribution is -2.39. The molecule has 0 spiro atoms. The summed E-state index contributed by atoms with van der Waals surface area (Å²) in [5, 5.41) is 25.0. The molecule has 1 amide bonds. The van der Waals surface area contributed by atoms with E-state index in [4.69, 9.17) is 27.3 Å². The largest absolute Gasteiger partial charge is 0.466 e. The Balaban J connectivity index is 1.82. The zero-order valence-electron chi connectivity index (χ0n) is 20.2. The summed E-state index contributed by atoms with van der Waals surface area (Å²) in [4.78, 5) is 25.4. The lowest BCUT2D eigenvalue weighted by molar-refractivity contribution is -0.148. The Morgan fingerprint density at radius 3 is 2.68 bits per heavy atom. The second-order valence-electron chi connectivity index (χ2n) is 8.37. The van der Waals surface area contributed by atoms with Gasteiger partial charge in [-0.2, -0.15) is 15.4 Å². The Morgan fingerprint density at radius 2 is 2.03 bits per heavy atom. The summed E-state index contributed by atoms with van der Waals surface area (Å²) in [6.45, 7) is 1.89. The lowest BCUT2D eigenvalue weighted by atomic mass is 9.91. The van der Waals surface area contributed by atoms with E-state index in [0.717, 1.165) is 5.56 Å². The Hall–Kier alpha value is -3.99. The van der Waals surface area contributed by atoms with Crippen molar-refractivity contribution in [3.05, 3.63) is 70.8 Å². The van der Waals surface area contributed by atoms with E-state index in [-0.39, 0.29) is 37.4 Å². The maximum atomic E-state index is 14.3. The number of aromatic nitrogens is 3. The molecule has 0 aliphatic rings. The molecular weight excluding hydrogens is 503 g/mol. The molecule has 1 heterocycles. The molecule has 12 heteroatoms. The van der Waals surface area contributed by atoms with Gasteiger partial charge in [-0.1, -0.05) is 41.0 Å². The van der Waals surface area contributed by atoms with Crippen molar-refractivity contribution in [2.24, 2.45) is 16.8 Å². The molecule has 0 bridgehead atoms. The fraction of sp³-hybridized carbons (Fsp3) is 0.320. The number of carbonyl (C=O) groups is 2. The fourth-order valence-corrected chi connectivity index (χ4v) is 4.07. The number of amides is 1. The van der Waals surface area contributed by atoms with Gasteiger partial charge in [0.05, 0.1) is 18.7 Å². The van der Waals surface area contributed by atoms with Gasteiger partial charge < -0.3 is 21.0 Å². The standard InChI is InChI=1S/C25H28ClFN6O4/c1-2-37-25(35)17(7-10-23(28)32-36)12-19(30-24(34)22-14-29-33-31-22)11-15-3-5-16(6-4-15)20-13-18(26)8-9-21(20)27/h3-6,8-9,13-14,17,19,36H,2,7,10-12H2,1H3,(H2,28,32)(H,30,34)(H,29,31,33)/t17-,19-/m1/s1. The number of amidine groups is 1. The predicted molar refractivity (Wildman–Crippen MR) is 136 cm³/mol. The minimum Gasteiger partial charge on any atom is -0.466 e. The number of halogens is 2. The number of ether oxygens (including phenoxy) is 1. The van der Waals surface area contributed by atoms with Crippen LogP contribution in [0.15, 0.2) is 53.8 Å². The summed E-state index contributed by atoms with van der Waals surface area (Å²) < 4.78 is 19.5. The van der Waals surface area contributed by atoms with Crippen LogP contribution in [0.5, 0.6) is 0 Å². The number of esters is 1. The molecule has 3 aromatic rings. The molecule has 3 rings (SSSR count). The van der Waals surface area contributed by atoms with Crippen LogP contribution in [0.2, 0.25) is 5.02 Å². The zero-order valence-corrected chi connectivity index (χ0v) is 20.9. The second-order valence-corrected chi connectivity index (χ2v) is 8.80. The van der Waals surface area contributed by atoms with Crippen LogP contribution in [-0.4, -0.2) is 51.0 Å². The average Bonchev–Trinajstić information content (AvgIpc) is 3.43. The van der Waals surface area contributed by atoms with Crippen molar-refractivity contribution in [2.45, 2.75) is 38.6 Å². The zero-order chi connectivity index (χ0) is 26.8. The van der Waals surface area contributed by atoms with Crippen molar-refractivity contribution in [3.63, 3.8) is 0 Å². The smallest absolute Gasteiger partial charge is 0.309 e. The Morgan fingerprint density at radius 1 is 1.27 bits per heavy atom. The van der Waals surface area contributed by atoms with Gasteiger partial charge in [0.15, 0.2) is 5.69 Å². The third-order valence-electron chi connectivity index (χ3n) is 5.72. The summed E-state index contributed by atoms with van der Waals surface area (Å²) in [7, 11) is 0. The number of oxime groups is 1. The molecule has 2 atom stereocenters. The number of benzene rings is 2. The molecule has 5 N–H and O–H groups in total. The van der Waals surface area contributed by atoms with Crippen LogP contribution in [0.25, 0.3) is 11.1 Å². The van der Waals surface area contributed by atoms with Crippen molar-refractivity contribution < 1.29 is 23.9 Å². The summed E-state index contributed by atoms with van der Waals surface area (Å²) in [5.74, 6) is -1.93. The van der Waals surface area contributed by atoms with Gasteiger partial charge in [0.2, 0.25) is 0 Å². The maximum Gasteiger partial charge on any atom is 0.309 e. The van der Waals surface area contributed by atoms with E-state index in [2.05, 4.69) is 25.9 Å². The number of nitrogens with two attached hydrogens (primary N) is 1. The summed E-state index contributed by atoms with van der Waals surface area (Å²) in [5.41, 5.74) is 7.57. The Labute approximate surface area is 218 Å². The molecule has 0 unspecified atom stereocenters. The van der Waals surface area contributed by atoms with Gasteiger partial charge in [0.1, 0.15) is 11.7 Å². The minimum absolute atomic E-state index is 0.0127. The molecule has 10 nitrogen and oxygen atoms in total. The van der Waals surface area contributed by atoms with Crippen LogP contribution in [0.4, 0.5) is 4.39 Å². The normalized spacial score (nSPS) is 13.1. The second kappa shape index (κ2) is 13.4. The van der Waals surface area contributed by atoms with E-state index >= 15 is 0 Å². The number of aromatic amines is 1. The molecule has 2 aromatic carbocycles. The first-order valence-corrected chi connectivity index (χ1v) is 12.0. The van der Waals surface area contributed by atoms with E-state index in [1.165, 1.54) is 18.3 Å². The van der Waals surface area contributed by atoms with E-state index in [1.807, 2.05) is 12.1 Å². The number of nitrogens with zero attached hydrogens (tertiary/aromatic N) is 3. The first-order chi connectivity index (χ1) is 17.8. The first kappa shape index (κ1) is 27.6. The Kier molecular flexibility index (Phi) is 9.96. The SMILES string of the molecule is CCOC(=O)[C@H](CC/C(N)=N\O)C[C@@H](Cc1ccc(-c2cc(Cl)ccc2F)cc1)NC(=O)c1cn[nH]n1. The van der Waals surface area contributed by atoms with Crippen LogP contribution in [0.3, 0.4) is 0 Å². The number of H-pyrrole nitrogens is 1. The monoisotopic (exact) mass is 530 g/mol. The van der Waals surface area contributed by atoms with E-state index in [0.29, 0.717) is 22.6 Å². The number of hydrogen-bond acceptors (Lipinski definition) is 7. The van der Waals surface area contributed by atoms with Gasteiger partial charge in [-0.15, -0.1) is 0 Å². The molecule has 0 aliphatic heterocycles. The highest BCUT2D eigenvalue weighted by molar-refractivity contribution is 6.30. The van der Waals surface area contributed by atoms with Crippen molar-refractivity contribution in [1.29, 1.82) is 0 Å². The molecule has 1 aromatic heterocycles. The predicted octanol–water partition coefficient (Wildman–Crippen LogP) is 3.70. The van der Waals surface area contributed by atoms with Crippen LogP contribution in [-0.2, 0) is 16.0 Å². The highest BCUT2D eigenvalue weighted by Gasteiger charge is 2.26. The number of hydrogen-bond donors (Lipinski definition) is 4. The van der Waals surface area contributed by atoms with Crippen LogP contribution >= 0.6 is 11.6 Å². The molecule has 0 radical (unpaired) electrons. The maximum absolute atomic E-state index is 14.3. The van der Waals surface area contributed by atoms with E-state index in [9.17, 15) is 14.0 Å². The summed E-state index contributed by atoms with van der Waals surface area (Å²) >= 11 is 6.02. The highest BCUT2D eigenvalue weighted by Crippen LogP contribution is 2.27. The molecule has 0 fully saturated rings. The van der Waals surface area contributed by atoms with Gasteiger partial charge in [-0.05, 0) is 55.5 Å². The molecule has 0 aliphatic carbocycles. The third-order valence-corrected chi connectivity index (χ3v) is 5.96. The van der Waals surface area contributed by atoms with Gasteiger partial charge in [-0.25, -0.2) is 4.39 Å². The molecular formula is C25H28ClFN6O4. The molecule has 196 valence electrons. The van der Waals surface area contributed by atoms with Gasteiger partial charge >= 0.3 is 5.97 Å². The van der Waals surface area contributed by atoms with Crippen LogP contribution in [0.1, 0.15) is 42.2 Å². The van der Waals surface area contributed by atoms with Crippen molar-refractivity contribution in [2.75, 3.05) is 6.61 Å². The van der Waals surface area contributed by atoms with Gasteiger partial charge in [-0.3, -0.25) is 9.59 Å². The van der Waals surface area contributed by atoms with Gasteiger partial charge in [0, 0.05) is 23.0 Å². The minimum atomic E-state index is -0.623. The number of rotatable bonds is 12. The lowest BCUT2D eigenvalue weighted by Gasteiger charge is -2.23. The molecule has 37 heavy (non-hydrogen) atoms. The first-order valence-electron chi connectivity index (χ1n) is 11.6. The van der Waals surface area contributed by atoms with Gasteiger partial charge in [0.25, 0.3) is 5.91 Å². The van der Waals surface area contributed by atoms with E-state index in [1.54, 1.807) is 25.1 Å². The molecule has 0 saturated carbocycles. The average molecular weight is 531 g/mol. The topological polar surface area (TPSA) is 156 Å². The Bertz CT molecular complexity index is 1220. The fourth-order valence-electron chi connectivity index (χ4n) is 3.89. The quantitative estimate of drug-likeness (QED) is 0.0914. The summed E-state index contributed by atoms with van der Waals surface area (Å²) in [6.07, 6.45) is 2.32. The van der Waals surface area contributed by atoms with Crippen molar-refractivity contribution in [1.82, 2.24) is 20.7 Å². The number of nitrogens with one attached hydrogen (secondary N) is 2. The van der Waals surface area contributed by atoms with E-state index < -0.39 is 29.7 Å². The van der Waals surface area contributed by atoms with Crippen LogP contribution < -0.4 is 11.1 Å².